The van der Waals surface area contributed by atoms with Crippen LogP contribution in [0.25, 0.3) is 0 Å². The summed E-state index contributed by atoms with van der Waals surface area (Å²) in [7, 11) is -3.02. The van der Waals surface area contributed by atoms with E-state index in [2.05, 4.69) is 5.32 Å². The van der Waals surface area contributed by atoms with Crippen molar-refractivity contribution in [2.45, 2.75) is 12.5 Å². The predicted molar refractivity (Wildman–Crippen MR) is 71.0 cm³/mol. The van der Waals surface area contributed by atoms with E-state index in [1.54, 1.807) is 6.07 Å². The molecule has 0 aromatic heterocycles. The summed E-state index contributed by atoms with van der Waals surface area (Å²) in [5, 5.41) is 3.35. The maximum atomic E-state index is 11.9. The summed E-state index contributed by atoms with van der Waals surface area (Å²) >= 11 is 11.7. The first-order chi connectivity index (χ1) is 8.37. The summed E-state index contributed by atoms with van der Waals surface area (Å²) in [5.74, 6) is -0.303. The number of rotatable bonds is 2. The first-order valence-electron chi connectivity index (χ1n) is 5.34. The van der Waals surface area contributed by atoms with Crippen molar-refractivity contribution in [3.05, 3.63) is 33.8 Å². The smallest absolute Gasteiger partial charge is 0.253 e. The monoisotopic (exact) mass is 307 g/mol. The Bertz CT molecular complexity index is 586. The zero-order chi connectivity index (χ0) is 13.3. The van der Waals surface area contributed by atoms with Crippen molar-refractivity contribution in [2.24, 2.45) is 0 Å². The number of nitrogens with one attached hydrogen (secondary N) is 1. The zero-order valence-corrected chi connectivity index (χ0v) is 11.6. The van der Waals surface area contributed by atoms with Gasteiger partial charge in [0.15, 0.2) is 9.84 Å². The Hall–Kier alpha value is -0.780. The molecule has 1 amide bonds. The van der Waals surface area contributed by atoms with E-state index in [1.807, 2.05) is 0 Å². The Morgan fingerprint density at radius 3 is 2.67 bits per heavy atom. The molecule has 1 aliphatic rings. The first-order valence-corrected chi connectivity index (χ1v) is 7.91. The zero-order valence-electron chi connectivity index (χ0n) is 9.32. The highest BCUT2D eigenvalue weighted by molar-refractivity contribution is 7.91. The van der Waals surface area contributed by atoms with Crippen molar-refractivity contribution in [1.29, 1.82) is 0 Å². The quantitative estimate of drug-likeness (QED) is 0.908. The second kappa shape index (κ2) is 5.07. The van der Waals surface area contributed by atoms with Crippen LogP contribution in [-0.2, 0) is 9.84 Å². The van der Waals surface area contributed by atoms with Gasteiger partial charge in [0, 0.05) is 11.1 Å². The van der Waals surface area contributed by atoms with Crippen LogP contribution in [0.15, 0.2) is 18.2 Å². The Kier molecular flexibility index (Phi) is 3.84. The fraction of sp³-hybridized carbons (Fsp3) is 0.364. The van der Waals surface area contributed by atoms with Crippen molar-refractivity contribution < 1.29 is 13.2 Å². The van der Waals surface area contributed by atoms with Crippen LogP contribution in [-0.4, -0.2) is 31.9 Å². The number of carbonyl (C=O) groups is 1. The average Bonchev–Trinajstić information content (AvgIpc) is 2.61. The summed E-state index contributed by atoms with van der Waals surface area (Å²) in [6, 6.07) is 4.23. The Morgan fingerprint density at radius 2 is 2.06 bits per heavy atom. The van der Waals surface area contributed by atoms with Gasteiger partial charge < -0.3 is 5.32 Å². The van der Waals surface area contributed by atoms with Gasteiger partial charge in [0.25, 0.3) is 5.91 Å². The van der Waals surface area contributed by atoms with E-state index in [-0.39, 0.29) is 28.1 Å². The van der Waals surface area contributed by atoms with Gasteiger partial charge in [0.1, 0.15) is 0 Å². The molecular weight excluding hydrogens is 297 g/mol. The Balaban J connectivity index is 2.11. The summed E-state index contributed by atoms with van der Waals surface area (Å²) in [5.41, 5.74) is 0.258. The van der Waals surface area contributed by atoms with E-state index < -0.39 is 15.7 Å². The summed E-state index contributed by atoms with van der Waals surface area (Å²) in [4.78, 5) is 11.9. The number of benzene rings is 1. The van der Waals surface area contributed by atoms with Crippen LogP contribution in [0.1, 0.15) is 16.8 Å². The molecule has 2 rings (SSSR count). The molecule has 0 saturated carbocycles. The van der Waals surface area contributed by atoms with Crippen LogP contribution in [0, 0.1) is 0 Å². The van der Waals surface area contributed by atoms with Crippen LogP contribution >= 0.6 is 23.2 Å². The van der Waals surface area contributed by atoms with Gasteiger partial charge in [0.2, 0.25) is 0 Å². The van der Waals surface area contributed by atoms with E-state index in [0.717, 1.165) is 0 Å². The maximum Gasteiger partial charge on any atom is 0.253 e. The molecule has 1 fully saturated rings. The van der Waals surface area contributed by atoms with Gasteiger partial charge in [-0.2, -0.15) is 0 Å². The molecule has 98 valence electrons. The number of carbonyl (C=O) groups excluding carboxylic acids is 1. The van der Waals surface area contributed by atoms with Gasteiger partial charge in [-0.15, -0.1) is 0 Å². The summed E-state index contributed by atoms with van der Waals surface area (Å²) < 4.78 is 22.6. The van der Waals surface area contributed by atoms with Crippen molar-refractivity contribution in [1.82, 2.24) is 5.32 Å². The highest BCUT2D eigenvalue weighted by Crippen LogP contribution is 2.21. The lowest BCUT2D eigenvalue weighted by molar-refractivity contribution is 0.0941. The number of hydrogen-bond donors (Lipinski definition) is 1. The molecule has 1 heterocycles. The number of halogens is 2. The molecule has 1 saturated heterocycles. The molecule has 0 radical (unpaired) electrons. The lowest BCUT2D eigenvalue weighted by Gasteiger charge is -2.11. The molecule has 18 heavy (non-hydrogen) atoms. The Labute approximate surface area is 115 Å². The van der Waals surface area contributed by atoms with Crippen molar-refractivity contribution in [3.63, 3.8) is 0 Å². The third kappa shape index (κ3) is 3.16. The third-order valence-electron chi connectivity index (χ3n) is 2.74. The highest BCUT2D eigenvalue weighted by Gasteiger charge is 2.29. The van der Waals surface area contributed by atoms with Gasteiger partial charge in [0.05, 0.1) is 22.1 Å². The highest BCUT2D eigenvalue weighted by atomic mass is 35.5. The largest absolute Gasteiger partial charge is 0.348 e. The molecule has 1 atom stereocenters. The molecule has 1 aromatic rings. The van der Waals surface area contributed by atoms with Crippen LogP contribution in [0.5, 0.6) is 0 Å². The predicted octanol–water partition coefficient (Wildman–Crippen LogP) is 1.91. The molecule has 1 N–H and O–H groups in total. The maximum absolute atomic E-state index is 11.9. The van der Waals surface area contributed by atoms with E-state index in [4.69, 9.17) is 23.2 Å². The third-order valence-corrected chi connectivity index (χ3v) is 5.07. The molecule has 0 bridgehead atoms. The number of amides is 1. The van der Waals surface area contributed by atoms with Crippen molar-refractivity contribution >= 4 is 38.9 Å². The molecule has 1 aliphatic heterocycles. The van der Waals surface area contributed by atoms with E-state index in [1.165, 1.54) is 12.1 Å². The minimum absolute atomic E-state index is 0.0169. The van der Waals surface area contributed by atoms with Crippen molar-refractivity contribution in [3.8, 4) is 0 Å². The number of sulfone groups is 1. The lowest BCUT2D eigenvalue weighted by Crippen LogP contribution is -2.35. The molecule has 0 aliphatic carbocycles. The van der Waals surface area contributed by atoms with Gasteiger partial charge >= 0.3 is 0 Å². The molecule has 0 unspecified atom stereocenters. The second-order valence-corrected chi connectivity index (χ2v) is 7.27. The van der Waals surface area contributed by atoms with E-state index >= 15 is 0 Å². The SMILES string of the molecule is O=C(N[C@@H]1CCS(=O)(=O)C1)c1cc(Cl)ccc1Cl. The molecule has 0 spiro atoms. The van der Waals surface area contributed by atoms with Crippen LogP contribution in [0.3, 0.4) is 0 Å². The average molecular weight is 308 g/mol. The van der Waals surface area contributed by atoms with Gasteiger partial charge in [-0.25, -0.2) is 8.42 Å². The molecule has 4 nitrogen and oxygen atoms in total. The molecule has 1 aromatic carbocycles. The minimum Gasteiger partial charge on any atom is -0.348 e. The fourth-order valence-corrected chi connectivity index (χ4v) is 3.89. The number of hydrogen-bond acceptors (Lipinski definition) is 3. The summed E-state index contributed by atoms with van der Waals surface area (Å²) in [6.45, 7) is 0. The van der Waals surface area contributed by atoms with Gasteiger partial charge in [-0.05, 0) is 24.6 Å². The topological polar surface area (TPSA) is 63.2 Å². The normalized spacial score (nSPS) is 21.8. The van der Waals surface area contributed by atoms with Crippen molar-refractivity contribution in [2.75, 3.05) is 11.5 Å². The molecular formula is C11H11Cl2NO3S. The minimum atomic E-state index is -3.02. The van der Waals surface area contributed by atoms with Crippen LogP contribution in [0.4, 0.5) is 0 Å². The Morgan fingerprint density at radius 1 is 1.33 bits per heavy atom. The standard InChI is InChI=1S/C11H11Cl2NO3S/c12-7-1-2-10(13)9(5-7)11(15)14-8-3-4-18(16,17)6-8/h1-2,5,8H,3-4,6H2,(H,14,15)/t8-/m1/s1. The van der Waals surface area contributed by atoms with Gasteiger partial charge in [-0.3, -0.25) is 4.79 Å². The second-order valence-electron chi connectivity index (χ2n) is 4.20. The summed E-state index contributed by atoms with van der Waals surface area (Å²) in [6.07, 6.45) is 0.437. The molecule has 7 heteroatoms. The van der Waals surface area contributed by atoms with Crippen LogP contribution < -0.4 is 5.32 Å². The van der Waals surface area contributed by atoms with E-state index in [0.29, 0.717) is 11.4 Å². The first kappa shape index (κ1) is 13.6. The van der Waals surface area contributed by atoms with E-state index in [9.17, 15) is 13.2 Å². The lowest BCUT2D eigenvalue weighted by atomic mass is 10.2. The fourth-order valence-electron chi connectivity index (χ4n) is 1.84. The van der Waals surface area contributed by atoms with Crippen LogP contribution in [0.2, 0.25) is 10.0 Å². The van der Waals surface area contributed by atoms with Gasteiger partial charge in [-0.1, -0.05) is 23.2 Å².